The van der Waals surface area contributed by atoms with Gasteiger partial charge < -0.3 is 9.64 Å². The fourth-order valence-corrected chi connectivity index (χ4v) is 2.93. The Balaban J connectivity index is 2.13. The quantitative estimate of drug-likeness (QED) is 0.370. The van der Waals surface area contributed by atoms with E-state index in [4.69, 9.17) is 17.0 Å². The van der Waals surface area contributed by atoms with E-state index in [1.54, 1.807) is 13.1 Å². The SMILES string of the molecule is CCOC(=O)CC(=O)N(NC(=S)N1CCCC1)C(C)c1ccccn1. The summed E-state index contributed by atoms with van der Waals surface area (Å²) in [6, 6.07) is 5.11. The van der Waals surface area contributed by atoms with Gasteiger partial charge in [-0.05, 0) is 51.0 Å². The van der Waals surface area contributed by atoms with Crippen molar-refractivity contribution in [2.45, 2.75) is 39.2 Å². The summed E-state index contributed by atoms with van der Waals surface area (Å²) in [5, 5.41) is 1.86. The van der Waals surface area contributed by atoms with Gasteiger partial charge in [-0.2, -0.15) is 0 Å². The molecule has 1 N–H and O–H groups in total. The highest BCUT2D eigenvalue weighted by Gasteiger charge is 2.27. The van der Waals surface area contributed by atoms with Gasteiger partial charge >= 0.3 is 5.97 Å². The lowest BCUT2D eigenvalue weighted by atomic mass is 10.2. The Morgan fingerprint density at radius 2 is 2.12 bits per heavy atom. The summed E-state index contributed by atoms with van der Waals surface area (Å²) in [7, 11) is 0. The molecule has 2 rings (SSSR count). The first-order chi connectivity index (χ1) is 12.0. The number of likely N-dealkylation sites (tertiary alicyclic amines) is 1. The Bertz CT molecular complexity index is 605. The van der Waals surface area contributed by atoms with Crippen molar-refractivity contribution in [1.82, 2.24) is 20.3 Å². The number of hydrogen-bond donors (Lipinski definition) is 1. The van der Waals surface area contributed by atoms with E-state index in [1.807, 2.05) is 30.0 Å². The first kappa shape index (κ1) is 19.1. The van der Waals surface area contributed by atoms with Crippen LogP contribution in [0.1, 0.15) is 44.8 Å². The van der Waals surface area contributed by atoms with Gasteiger partial charge in [0.15, 0.2) is 5.11 Å². The van der Waals surface area contributed by atoms with Crippen molar-refractivity contribution in [1.29, 1.82) is 0 Å². The largest absolute Gasteiger partial charge is 0.466 e. The number of carbonyl (C=O) groups excluding carboxylic acids is 2. The molecule has 0 bridgehead atoms. The third-order valence-corrected chi connectivity index (χ3v) is 4.33. The number of nitrogens with zero attached hydrogens (tertiary/aromatic N) is 3. The Morgan fingerprint density at radius 3 is 2.72 bits per heavy atom. The first-order valence-electron chi connectivity index (χ1n) is 8.47. The van der Waals surface area contributed by atoms with Gasteiger partial charge in [0.2, 0.25) is 0 Å². The predicted molar refractivity (Wildman–Crippen MR) is 97.3 cm³/mol. The molecule has 25 heavy (non-hydrogen) atoms. The number of nitrogens with one attached hydrogen (secondary N) is 1. The van der Waals surface area contributed by atoms with Gasteiger partial charge in [0, 0.05) is 19.3 Å². The molecule has 1 fully saturated rings. The molecule has 2 heterocycles. The standard InChI is InChI=1S/C17H24N4O3S/c1-3-24-16(23)12-15(22)21(13(2)14-8-4-5-9-18-14)19-17(25)20-10-6-7-11-20/h4-5,8-9,13H,3,6-7,10-12H2,1-2H3,(H,19,25). The number of thiocarbonyl (C=S) groups is 1. The van der Waals surface area contributed by atoms with Crippen molar-refractivity contribution in [3.63, 3.8) is 0 Å². The molecule has 136 valence electrons. The highest BCUT2D eigenvalue weighted by Crippen LogP contribution is 2.18. The molecule has 1 aromatic heterocycles. The number of esters is 1. The number of hydrazine groups is 1. The summed E-state index contributed by atoms with van der Waals surface area (Å²) in [6.07, 6.45) is 3.47. The molecule has 0 aromatic carbocycles. The van der Waals surface area contributed by atoms with E-state index >= 15 is 0 Å². The Morgan fingerprint density at radius 1 is 1.40 bits per heavy atom. The van der Waals surface area contributed by atoms with Crippen LogP contribution in [0.5, 0.6) is 0 Å². The third-order valence-electron chi connectivity index (χ3n) is 3.98. The Kier molecular flexibility index (Phi) is 7.12. The molecule has 1 amide bonds. The molecule has 1 unspecified atom stereocenters. The normalized spacial score (nSPS) is 14.7. The molecular weight excluding hydrogens is 340 g/mol. The lowest BCUT2D eigenvalue weighted by molar-refractivity contribution is -0.150. The summed E-state index contributed by atoms with van der Waals surface area (Å²) in [6.45, 7) is 5.51. The first-order valence-corrected chi connectivity index (χ1v) is 8.88. The highest BCUT2D eigenvalue weighted by molar-refractivity contribution is 7.80. The molecule has 1 aliphatic rings. The zero-order chi connectivity index (χ0) is 18.2. The van der Waals surface area contributed by atoms with E-state index in [0.717, 1.165) is 25.9 Å². The fourth-order valence-electron chi connectivity index (χ4n) is 2.65. The maximum atomic E-state index is 12.7. The number of rotatable bonds is 5. The summed E-state index contributed by atoms with van der Waals surface area (Å²) in [5.41, 5.74) is 3.70. The number of hydrogen-bond acceptors (Lipinski definition) is 5. The predicted octanol–water partition coefficient (Wildman–Crippen LogP) is 1.81. The van der Waals surface area contributed by atoms with Crippen molar-refractivity contribution >= 4 is 29.2 Å². The molecule has 1 aromatic rings. The number of carbonyl (C=O) groups is 2. The van der Waals surface area contributed by atoms with Crippen LogP contribution >= 0.6 is 12.2 Å². The number of pyridine rings is 1. The molecule has 0 spiro atoms. The second kappa shape index (κ2) is 9.31. The number of ether oxygens (including phenoxy) is 1. The average Bonchev–Trinajstić information content (AvgIpc) is 3.14. The van der Waals surface area contributed by atoms with Crippen LogP contribution in [0.3, 0.4) is 0 Å². The van der Waals surface area contributed by atoms with Crippen molar-refractivity contribution < 1.29 is 14.3 Å². The third kappa shape index (κ3) is 5.38. The van der Waals surface area contributed by atoms with Crippen LogP contribution in [-0.2, 0) is 14.3 Å². The van der Waals surface area contributed by atoms with Crippen LogP contribution in [0.25, 0.3) is 0 Å². The van der Waals surface area contributed by atoms with Gasteiger partial charge in [0.05, 0.1) is 18.3 Å². The van der Waals surface area contributed by atoms with Gasteiger partial charge in [-0.25, -0.2) is 5.01 Å². The summed E-state index contributed by atoms with van der Waals surface area (Å²) < 4.78 is 4.88. The molecule has 1 saturated heterocycles. The zero-order valence-electron chi connectivity index (χ0n) is 14.6. The van der Waals surface area contributed by atoms with Crippen molar-refractivity contribution in [3.05, 3.63) is 30.1 Å². The second-order valence-electron chi connectivity index (χ2n) is 5.79. The number of amides is 1. The molecule has 0 saturated carbocycles. The molecule has 1 aliphatic heterocycles. The summed E-state index contributed by atoms with van der Waals surface area (Å²) in [4.78, 5) is 30.7. The highest BCUT2D eigenvalue weighted by atomic mass is 32.1. The molecular formula is C17H24N4O3S. The lowest BCUT2D eigenvalue weighted by Gasteiger charge is -2.32. The van der Waals surface area contributed by atoms with Gasteiger partial charge in [0.25, 0.3) is 5.91 Å². The minimum absolute atomic E-state index is 0.238. The lowest BCUT2D eigenvalue weighted by Crippen LogP contribution is -2.52. The zero-order valence-corrected chi connectivity index (χ0v) is 15.4. The summed E-state index contributed by atoms with van der Waals surface area (Å²) >= 11 is 5.43. The summed E-state index contributed by atoms with van der Waals surface area (Å²) in [5.74, 6) is -0.960. The minimum atomic E-state index is -0.556. The van der Waals surface area contributed by atoms with Gasteiger partial charge in [-0.1, -0.05) is 6.07 Å². The fraction of sp³-hybridized carbons (Fsp3) is 0.529. The van der Waals surface area contributed by atoms with Gasteiger partial charge in [-0.3, -0.25) is 20.0 Å². The van der Waals surface area contributed by atoms with Crippen LogP contribution < -0.4 is 5.43 Å². The number of aromatic nitrogens is 1. The van der Waals surface area contributed by atoms with Crippen LogP contribution in [0.2, 0.25) is 0 Å². The topological polar surface area (TPSA) is 74.8 Å². The van der Waals surface area contributed by atoms with Gasteiger partial charge in [0.1, 0.15) is 6.42 Å². The smallest absolute Gasteiger partial charge is 0.315 e. The maximum Gasteiger partial charge on any atom is 0.315 e. The van der Waals surface area contributed by atoms with E-state index in [9.17, 15) is 9.59 Å². The van der Waals surface area contributed by atoms with Crippen molar-refractivity contribution in [2.24, 2.45) is 0 Å². The van der Waals surface area contributed by atoms with E-state index < -0.39 is 11.9 Å². The monoisotopic (exact) mass is 364 g/mol. The van der Waals surface area contributed by atoms with Crippen molar-refractivity contribution in [3.8, 4) is 0 Å². The van der Waals surface area contributed by atoms with Crippen LogP contribution in [0, 0.1) is 0 Å². The molecule has 7 nitrogen and oxygen atoms in total. The Labute approximate surface area is 153 Å². The van der Waals surface area contributed by atoms with E-state index in [0.29, 0.717) is 10.8 Å². The Hall–Kier alpha value is -2.22. The average molecular weight is 364 g/mol. The second-order valence-corrected chi connectivity index (χ2v) is 6.17. The maximum absolute atomic E-state index is 12.7. The molecule has 0 radical (unpaired) electrons. The van der Waals surface area contributed by atoms with E-state index in [-0.39, 0.29) is 19.1 Å². The molecule has 0 aliphatic carbocycles. The van der Waals surface area contributed by atoms with Crippen LogP contribution in [0.4, 0.5) is 0 Å². The minimum Gasteiger partial charge on any atom is -0.466 e. The van der Waals surface area contributed by atoms with Crippen molar-refractivity contribution in [2.75, 3.05) is 19.7 Å². The van der Waals surface area contributed by atoms with Crippen LogP contribution in [0.15, 0.2) is 24.4 Å². The van der Waals surface area contributed by atoms with E-state index in [2.05, 4.69) is 10.4 Å². The van der Waals surface area contributed by atoms with Gasteiger partial charge in [-0.15, -0.1) is 0 Å². The van der Waals surface area contributed by atoms with E-state index in [1.165, 1.54) is 5.01 Å². The molecule has 1 atom stereocenters. The van der Waals surface area contributed by atoms with Crippen LogP contribution in [-0.4, -0.2) is 51.6 Å². The molecule has 8 heteroatoms.